The zero-order valence-corrected chi connectivity index (χ0v) is 9.14. The third kappa shape index (κ3) is 2.01. The molecule has 0 bridgehead atoms. The Morgan fingerprint density at radius 3 is 2.54 bits per heavy atom. The molecule has 2 unspecified atom stereocenters. The quantitative estimate of drug-likeness (QED) is 0.658. The highest BCUT2D eigenvalue weighted by molar-refractivity contribution is 7.61. The Morgan fingerprint density at radius 2 is 2.08 bits per heavy atom. The van der Waals surface area contributed by atoms with Crippen LogP contribution in [0.2, 0.25) is 0 Å². The predicted molar refractivity (Wildman–Crippen MR) is 55.9 cm³/mol. The molecule has 0 radical (unpaired) electrons. The van der Waals surface area contributed by atoms with E-state index in [-0.39, 0.29) is 5.92 Å². The molecule has 0 heterocycles. The van der Waals surface area contributed by atoms with Crippen LogP contribution >= 0.6 is 7.37 Å². The van der Waals surface area contributed by atoms with Crippen molar-refractivity contribution < 1.29 is 9.46 Å². The van der Waals surface area contributed by atoms with Crippen LogP contribution in [0.25, 0.3) is 0 Å². The van der Waals surface area contributed by atoms with Crippen LogP contribution in [0.3, 0.4) is 0 Å². The van der Waals surface area contributed by atoms with Crippen molar-refractivity contribution >= 4 is 7.37 Å². The van der Waals surface area contributed by atoms with Crippen LogP contribution in [-0.2, 0) is 4.57 Å². The summed E-state index contributed by atoms with van der Waals surface area (Å²) in [5.74, 6) is -0.00849. The summed E-state index contributed by atoms with van der Waals surface area (Å²) in [4.78, 5) is 9.43. The van der Waals surface area contributed by atoms with Crippen molar-refractivity contribution in [3.63, 3.8) is 0 Å². The first-order chi connectivity index (χ1) is 5.84. The first-order valence-corrected chi connectivity index (χ1v) is 6.33. The number of hydrogen-bond donors (Lipinski definition) is 1. The summed E-state index contributed by atoms with van der Waals surface area (Å²) in [5, 5.41) is 0.600. The molecule has 2 nitrogen and oxygen atoms in total. The highest BCUT2D eigenvalue weighted by Gasteiger charge is 2.27. The minimum absolute atomic E-state index is 0.00849. The van der Waals surface area contributed by atoms with E-state index in [4.69, 9.17) is 0 Å². The summed E-state index contributed by atoms with van der Waals surface area (Å²) < 4.78 is 11.4. The van der Waals surface area contributed by atoms with Gasteiger partial charge in [-0.1, -0.05) is 25.7 Å². The molecule has 0 saturated heterocycles. The van der Waals surface area contributed by atoms with Crippen molar-refractivity contribution in [1.29, 1.82) is 0 Å². The largest absolute Gasteiger partial charge is 0.341 e. The summed E-state index contributed by atoms with van der Waals surface area (Å²) >= 11 is 0. The summed E-state index contributed by atoms with van der Waals surface area (Å²) in [6, 6.07) is 0. The maximum absolute atomic E-state index is 11.4. The highest BCUT2D eigenvalue weighted by Crippen LogP contribution is 2.52. The van der Waals surface area contributed by atoms with Gasteiger partial charge in [0.2, 0.25) is 7.37 Å². The van der Waals surface area contributed by atoms with Crippen LogP contribution in [0.4, 0.5) is 0 Å². The van der Waals surface area contributed by atoms with Gasteiger partial charge in [0.25, 0.3) is 0 Å². The molecule has 1 N–H and O–H groups in total. The van der Waals surface area contributed by atoms with Crippen LogP contribution in [0, 0.1) is 5.92 Å². The van der Waals surface area contributed by atoms with Crippen LogP contribution in [-0.4, -0.2) is 11.6 Å². The molecule has 0 fully saturated rings. The van der Waals surface area contributed by atoms with Crippen molar-refractivity contribution in [2.75, 3.05) is 6.66 Å². The van der Waals surface area contributed by atoms with Crippen molar-refractivity contribution in [2.45, 2.75) is 13.8 Å². The van der Waals surface area contributed by atoms with E-state index in [1.165, 1.54) is 6.66 Å². The molecule has 72 valence electrons. The van der Waals surface area contributed by atoms with E-state index in [0.29, 0.717) is 5.31 Å². The molecule has 1 aliphatic carbocycles. The van der Waals surface area contributed by atoms with Crippen LogP contribution in [0.1, 0.15) is 13.8 Å². The zero-order chi connectivity index (χ0) is 10.2. The van der Waals surface area contributed by atoms with Gasteiger partial charge in [0.1, 0.15) is 0 Å². The first-order valence-electron chi connectivity index (χ1n) is 4.22. The van der Waals surface area contributed by atoms with Crippen molar-refractivity contribution in [1.82, 2.24) is 0 Å². The van der Waals surface area contributed by atoms with Crippen LogP contribution in [0.15, 0.2) is 35.2 Å². The van der Waals surface area contributed by atoms with Crippen molar-refractivity contribution in [3.05, 3.63) is 35.2 Å². The average molecular weight is 198 g/mol. The van der Waals surface area contributed by atoms with Gasteiger partial charge >= 0.3 is 0 Å². The Hall–Kier alpha value is -0.590. The number of rotatable bonds is 1. The standard InChI is InChI=1S/C10H15O2P/c1-7-5-6-10(13(4,11)12)9(3)8(7)2/h5-6,9H,2H2,1,3-4H3,(H,11,12). The van der Waals surface area contributed by atoms with E-state index in [9.17, 15) is 9.46 Å². The molecule has 0 spiro atoms. The fourth-order valence-electron chi connectivity index (χ4n) is 1.48. The summed E-state index contributed by atoms with van der Waals surface area (Å²) in [7, 11) is -3.11. The smallest absolute Gasteiger partial charge is 0.223 e. The minimum Gasteiger partial charge on any atom is -0.341 e. The molecule has 13 heavy (non-hydrogen) atoms. The van der Waals surface area contributed by atoms with Gasteiger partial charge in [-0.05, 0) is 18.1 Å². The third-order valence-electron chi connectivity index (χ3n) is 2.46. The lowest BCUT2D eigenvalue weighted by molar-refractivity contribution is 0.487. The van der Waals surface area contributed by atoms with Gasteiger partial charge in [0, 0.05) is 17.9 Å². The Morgan fingerprint density at radius 1 is 1.54 bits per heavy atom. The fraction of sp³-hybridized carbons (Fsp3) is 0.400. The van der Waals surface area contributed by atoms with Gasteiger partial charge < -0.3 is 4.89 Å². The molecule has 0 aromatic rings. The molecule has 3 heteroatoms. The maximum atomic E-state index is 11.4. The van der Waals surface area contributed by atoms with Gasteiger partial charge in [-0.25, -0.2) is 0 Å². The maximum Gasteiger partial charge on any atom is 0.223 e. The fourth-order valence-corrected chi connectivity index (χ4v) is 2.70. The second-order valence-electron chi connectivity index (χ2n) is 3.57. The summed E-state index contributed by atoms with van der Waals surface area (Å²) in [6.07, 6.45) is 3.60. The number of hydrogen-bond acceptors (Lipinski definition) is 1. The normalized spacial score (nSPS) is 27.7. The van der Waals surface area contributed by atoms with E-state index in [0.717, 1.165) is 11.1 Å². The van der Waals surface area contributed by atoms with Gasteiger partial charge in [0.15, 0.2) is 0 Å². The average Bonchev–Trinajstić information content (AvgIpc) is 1.98. The van der Waals surface area contributed by atoms with Gasteiger partial charge in [-0.2, -0.15) is 0 Å². The topological polar surface area (TPSA) is 37.3 Å². The summed E-state index contributed by atoms with van der Waals surface area (Å²) in [6.45, 7) is 9.15. The van der Waals surface area contributed by atoms with E-state index in [1.54, 1.807) is 6.08 Å². The van der Waals surface area contributed by atoms with Gasteiger partial charge in [0.05, 0.1) is 0 Å². The van der Waals surface area contributed by atoms with Crippen LogP contribution < -0.4 is 0 Å². The summed E-state index contributed by atoms with van der Waals surface area (Å²) in [5.41, 5.74) is 2.03. The monoisotopic (exact) mass is 198 g/mol. The van der Waals surface area contributed by atoms with Crippen molar-refractivity contribution in [3.8, 4) is 0 Å². The molecule has 2 atom stereocenters. The first kappa shape index (κ1) is 10.5. The molecule has 0 aliphatic heterocycles. The van der Waals surface area contributed by atoms with E-state index < -0.39 is 7.37 Å². The minimum atomic E-state index is -3.11. The third-order valence-corrected chi connectivity index (χ3v) is 3.95. The molecule has 0 saturated carbocycles. The molecular weight excluding hydrogens is 183 g/mol. The molecular formula is C10H15O2P. The van der Waals surface area contributed by atoms with Gasteiger partial charge in [-0.3, -0.25) is 4.57 Å². The van der Waals surface area contributed by atoms with E-state index in [2.05, 4.69) is 6.58 Å². The van der Waals surface area contributed by atoms with Crippen molar-refractivity contribution in [2.24, 2.45) is 5.92 Å². The van der Waals surface area contributed by atoms with E-state index >= 15 is 0 Å². The lowest BCUT2D eigenvalue weighted by Crippen LogP contribution is -2.07. The molecule has 0 aromatic carbocycles. The Balaban J connectivity index is 3.15. The lowest BCUT2D eigenvalue weighted by Gasteiger charge is -2.24. The van der Waals surface area contributed by atoms with E-state index in [1.807, 2.05) is 19.9 Å². The highest BCUT2D eigenvalue weighted by atomic mass is 31.2. The lowest BCUT2D eigenvalue weighted by atomic mass is 9.91. The predicted octanol–water partition coefficient (Wildman–Crippen LogP) is 2.92. The SMILES string of the molecule is C=C1C(C)=CC=C(P(C)(=O)O)C1C. The Kier molecular flexibility index (Phi) is 2.65. The second kappa shape index (κ2) is 3.28. The molecule has 0 aromatic heterocycles. The zero-order valence-electron chi connectivity index (χ0n) is 8.24. The van der Waals surface area contributed by atoms with Crippen LogP contribution in [0.5, 0.6) is 0 Å². The van der Waals surface area contributed by atoms with Gasteiger partial charge in [-0.15, -0.1) is 0 Å². The Labute approximate surface area is 79.1 Å². The number of allylic oxidation sites excluding steroid dienone is 5. The molecule has 1 rings (SSSR count). The molecule has 1 aliphatic rings. The Bertz CT molecular complexity index is 344. The second-order valence-corrected chi connectivity index (χ2v) is 5.84. The molecule has 0 amide bonds.